The Bertz CT molecular complexity index is 728. The van der Waals surface area contributed by atoms with Crippen LogP contribution in [0.1, 0.15) is 35.7 Å². The lowest BCUT2D eigenvalue weighted by Gasteiger charge is -2.30. The first kappa shape index (κ1) is 14.3. The summed E-state index contributed by atoms with van der Waals surface area (Å²) in [5.41, 5.74) is 2.61. The molecule has 1 aromatic carbocycles. The smallest absolute Gasteiger partial charge is 0.161 e. The third-order valence-corrected chi connectivity index (χ3v) is 4.64. The van der Waals surface area contributed by atoms with Crippen molar-refractivity contribution >= 4 is 5.82 Å². The quantitative estimate of drug-likeness (QED) is 0.869. The van der Waals surface area contributed by atoms with Crippen LogP contribution in [0.2, 0.25) is 0 Å². The molecule has 1 saturated carbocycles. The first-order valence-electron chi connectivity index (χ1n) is 8.10. The molecular weight excluding hydrogens is 290 g/mol. The fourth-order valence-electron chi connectivity index (χ4n) is 3.16. The van der Waals surface area contributed by atoms with Crippen molar-refractivity contribution in [2.75, 3.05) is 25.7 Å². The molecule has 23 heavy (non-hydrogen) atoms. The predicted octanol–water partition coefficient (Wildman–Crippen LogP) is 2.93. The van der Waals surface area contributed by atoms with E-state index >= 15 is 0 Å². The molecule has 120 valence electrons. The maximum Gasteiger partial charge on any atom is 0.161 e. The predicted molar refractivity (Wildman–Crippen MR) is 88.3 cm³/mol. The number of hydrogen-bond donors (Lipinski definition) is 0. The molecule has 0 atom stereocenters. The summed E-state index contributed by atoms with van der Waals surface area (Å²) in [5.74, 6) is 4.20. The average Bonchev–Trinajstić information content (AvgIpc) is 3.45. The summed E-state index contributed by atoms with van der Waals surface area (Å²) in [7, 11) is 3.36. The summed E-state index contributed by atoms with van der Waals surface area (Å²) in [6.07, 6.45) is 5.32. The molecule has 0 amide bonds. The van der Waals surface area contributed by atoms with E-state index in [-0.39, 0.29) is 0 Å². The number of ether oxygens (including phenoxy) is 2. The number of nitrogens with zero attached hydrogens (tertiary/aromatic N) is 3. The normalized spacial score (nSPS) is 16.9. The van der Waals surface area contributed by atoms with Gasteiger partial charge >= 0.3 is 0 Å². The maximum absolute atomic E-state index is 5.43. The second-order valence-corrected chi connectivity index (χ2v) is 6.19. The van der Waals surface area contributed by atoms with Gasteiger partial charge in [0.05, 0.1) is 14.2 Å². The van der Waals surface area contributed by atoms with E-state index in [0.717, 1.165) is 42.7 Å². The third kappa shape index (κ3) is 2.71. The Kier molecular flexibility index (Phi) is 3.56. The number of aromatic nitrogens is 2. The van der Waals surface area contributed by atoms with Crippen molar-refractivity contribution in [1.82, 2.24) is 9.97 Å². The lowest BCUT2D eigenvalue weighted by molar-refractivity contribution is 0.353. The van der Waals surface area contributed by atoms with E-state index in [1.165, 1.54) is 24.0 Å². The zero-order chi connectivity index (χ0) is 15.8. The Morgan fingerprint density at radius 3 is 2.52 bits per heavy atom. The summed E-state index contributed by atoms with van der Waals surface area (Å²) in [6, 6.07) is 6.20. The van der Waals surface area contributed by atoms with Crippen LogP contribution in [0.3, 0.4) is 0 Å². The first-order chi connectivity index (χ1) is 11.3. The van der Waals surface area contributed by atoms with Crippen LogP contribution >= 0.6 is 0 Å². The van der Waals surface area contributed by atoms with Crippen LogP contribution in [0, 0.1) is 0 Å². The van der Waals surface area contributed by atoms with Gasteiger partial charge in [-0.1, -0.05) is 0 Å². The fourth-order valence-corrected chi connectivity index (χ4v) is 3.16. The zero-order valence-electron chi connectivity index (χ0n) is 13.6. The molecule has 1 fully saturated rings. The Morgan fingerprint density at radius 1 is 1.09 bits per heavy atom. The fraction of sp³-hybridized carbons (Fsp3) is 0.444. The number of benzene rings is 1. The molecule has 5 nitrogen and oxygen atoms in total. The van der Waals surface area contributed by atoms with Gasteiger partial charge < -0.3 is 14.4 Å². The van der Waals surface area contributed by atoms with E-state index in [2.05, 4.69) is 22.0 Å². The lowest BCUT2D eigenvalue weighted by atomic mass is 9.99. The van der Waals surface area contributed by atoms with Gasteiger partial charge in [-0.25, -0.2) is 9.97 Å². The van der Waals surface area contributed by atoms with Gasteiger partial charge in [0.2, 0.25) is 0 Å². The molecule has 2 heterocycles. The monoisotopic (exact) mass is 311 g/mol. The summed E-state index contributed by atoms with van der Waals surface area (Å²) in [6.45, 7) is 1.81. The first-order valence-corrected chi connectivity index (χ1v) is 8.10. The summed E-state index contributed by atoms with van der Waals surface area (Å²) in [5, 5.41) is 0. The molecule has 0 unspecified atom stereocenters. The Hall–Kier alpha value is -2.30. The highest BCUT2D eigenvalue weighted by Gasteiger charge is 2.27. The Labute approximate surface area is 136 Å². The molecule has 1 aliphatic heterocycles. The Balaban J connectivity index is 1.61. The van der Waals surface area contributed by atoms with Gasteiger partial charge in [0.15, 0.2) is 11.5 Å². The molecule has 0 bridgehead atoms. The number of fused-ring (bicyclic) bond motifs is 1. The molecule has 0 spiro atoms. The molecule has 2 aromatic rings. The van der Waals surface area contributed by atoms with Crippen LogP contribution in [-0.2, 0) is 13.0 Å². The SMILES string of the molecule is COc1cc2c(cc1OC)CN(c1ccnc(C3CC3)n1)CC2. The van der Waals surface area contributed by atoms with Crippen molar-refractivity contribution in [3.63, 3.8) is 0 Å². The number of rotatable bonds is 4. The van der Waals surface area contributed by atoms with Gasteiger partial charge in [0, 0.05) is 25.2 Å². The molecule has 1 aromatic heterocycles. The molecule has 5 heteroatoms. The van der Waals surface area contributed by atoms with Crippen LogP contribution in [0.4, 0.5) is 5.82 Å². The van der Waals surface area contributed by atoms with Crippen molar-refractivity contribution < 1.29 is 9.47 Å². The van der Waals surface area contributed by atoms with E-state index in [4.69, 9.17) is 14.5 Å². The van der Waals surface area contributed by atoms with Crippen LogP contribution in [0.25, 0.3) is 0 Å². The van der Waals surface area contributed by atoms with Gasteiger partial charge in [-0.05, 0) is 48.6 Å². The summed E-state index contributed by atoms with van der Waals surface area (Å²) >= 11 is 0. The van der Waals surface area contributed by atoms with Crippen molar-refractivity contribution in [2.24, 2.45) is 0 Å². The molecule has 0 saturated heterocycles. The standard InChI is InChI=1S/C18H21N3O2/c1-22-15-9-13-6-8-21(11-14(13)10-16(15)23-2)17-5-7-19-18(20-17)12-3-4-12/h5,7,9-10,12H,3-4,6,8,11H2,1-2H3. The highest BCUT2D eigenvalue weighted by atomic mass is 16.5. The summed E-state index contributed by atoms with van der Waals surface area (Å²) < 4.78 is 10.8. The van der Waals surface area contributed by atoms with Gasteiger partial charge in [0.25, 0.3) is 0 Å². The largest absolute Gasteiger partial charge is 0.493 e. The second kappa shape index (κ2) is 5.72. The van der Waals surface area contributed by atoms with Crippen molar-refractivity contribution in [1.29, 1.82) is 0 Å². The highest BCUT2D eigenvalue weighted by Crippen LogP contribution is 2.39. The third-order valence-electron chi connectivity index (χ3n) is 4.64. The minimum Gasteiger partial charge on any atom is -0.493 e. The van der Waals surface area contributed by atoms with E-state index in [1.54, 1.807) is 14.2 Å². The number of anilines is 1. The van der Waals surface area contributed by atoms with Gasteiger partial charge in [-0.2, -0.15) is 0 Å². The molecular formula is C18H21N3O2. The van der Waals surface area contributed by atoms with Crippen molar-refractivity contribution in [2.45, 2.75) is 31.7 Å². The second-order valence-electron chi connectivity index (χ2n) is 6.19. The van der Waals surface area contributed by atoms with E-state index in [1.807, 2.05) is 12.3 Å². The van der Waals surface area contributed by atoms with E-state index in [0.29, 0.717) is 5.92 Å². The molecule has 0 radical (unpaired) electrons. The van der Waals surface area contributed by atoms with Crippen molar-refractivity contribution in [3.8, 4) is 11.5 Å². The average molecular weight is 311 g/mol. The van der Waals surface area contributed by atoms with E-state index < -0.39 is 0 Å². The minimum absolute atomic E-state index is 0.580. The lowest BCUT2D eigenvalue weighted by Crippen LogP contribution is -2.31. The van der Waals surface area contributed by atoms with E-state index in [9.17, 15) is 0 Å². The van der Waals surface area contributed by atoms with Gasteiger partial charge in [0.1, 0.15) is 11.6 Å². The number of hydrogen-bond acceptors (Lipinski definition) is 5. The van der Waals surface area contributed by atoms with Gasteiger partial charge in [-0.3, -0.25) is 0 Å². The van der Waals surface area contributed by atoms with Crippen LogP contribution in [0.5, 0.6) is 11.5 Å². The summed E-state index contributed by atoms with van der Waals surface area (Å²) in [4.78, 5) is 11.5. The number of methoxy groups -OCH3 is 2. The maximum atomic E-state index is 5.43. The minimum atomic E-state index is 0.580. The zero-order valence-corrected chi connectivity index (χ0v) is 13.6. The van der Waals surface area contributed by atoms with Crippen LogP contribution in [-0.4, -0.2) is 30.7 Å². The van der Waals surface area contributed by atoms with Crippen LogP contribution < -0.4 is 14.4 Å². The Morgan fingerprint density at radius 2 is 1.83 bits per heavy atom. The van der Waals surface area contributed by atoms with Gasteiger partial charge in [-0.15, -0.1) is 0 Å². The van der Waals surface area contributed by atoms with Crippen LogP contribution in [0.15, 0.2) is 24.4 Å². The topological polar surface area (TPSA) is 47.5 Å². The molecule has 0 N–H and O–H groups in total. The highest BCUT2D eigenvalue weighted by molar-refractivity contribution is 5.51. The molecule has 2 aliphatic rings. The molecule has 1 aliphatic carbocycles. The van der Waals surface area contributed by atoms with Crippen molar-refractivity contribution in [3.05, 3.63) is 41.3 Å². The molecule has 4 rings (SSSR count).